The van der Waals surface area contributed by atoms with Crippen molar-refractivity contribution in [2.45, 2.75) is 89.9 Å². The van der Waals surface area contributed by atoms with Crippen LogP contribution in [-0.2, 0) is 9.59 Å². The number of benzene rings is 1. The van der Waals surface area contributed by atoms with Gasteiger partial charge in [0.05, 0.1) is 23.4 Å². The molecule has 1 aliphatic carbocycles. The molecule has 3 rings (SSSR count). The summed E-state index contributed by atoms with van der Waals surface area (Å²) in [5.74, 6) is -0.240. The number of aliphatic hydroxyl groups excluding tert-OH is 1. The highest BCUT2D eigenvalue weighted by molar-refractivity contribution is 6.33. The Hall–Kier alpha value is -1.67. The van der Waals surface area contributed by atoms with Crippen molar-refractivity contribution in [2.24, 2.45) is 17.6 Å². The largest absolute Gasteiger partial charge is 0.391 e. The van der Waals surface area contributed by atoms with E-state index >= 15 is 0 Å². The van der Waals surface area contributed by atoms with Crippen LogP contribution in [0.15, 0.2) is 24.3 Å². The standard InChI is InChI=1S/C27H43ClN4O3/c1-18(2)20(26(35)30-19-10-6-5-7-11-19)14-24(33)22(29)15-31-16-25(34)32(17-27(31,3)4)23-13-9-8-12-21(23)28/h8-9,12-13,18-20,22,24,33H,5-7,10-11,14-17,29H2,1-4H3,(H,30,35)/t20-,22-,24-/m0/s1. The summed E-state index contributed by atoms with van der Waals surface area (Å²) in [4.78, 5) is 29.8. The number of hydrogen-bond acceptors (Lipinski definition) is 5. The Morgan fingerprint density at radius 3 is 2.51 bits per heavy atom. The third kappa shape index (κ3) is 7.19. The lowest BCUT2D eigenvalue weighted by Crippen LogP contribution is -2.64. The number of piperazine rings is 1. The molecule has 1 saturated heterocycles. The van der Waals surface area contributed by atoms with Gasteiger partial charge >= 0.3 is 0 Å². The molecule has 0 unspecified atom stereocenters. The number of rotatable bonds is 9. The molecule has 1 aromatic carbocycles. The molecule has 196 valence electrons. The van der Waals surface area contributed by atoms with Gasteiger partial charge in [-0.15, -0.1) is 0 Å². The fourth-order valence-corrected chi connectivity index (χ4v) is 5.53. The highest BCUT2D eigenvalue weighted by atomic mass is 35.5. The second-order valence-corrected chi connectivity index (χ2v) is 11.7. The number of nitrogens with zero attached hydrogens (tertiary/aromatic N) is 2. The topological polar surface area (TPSA) is 98.9 Å². The average molecular weight is 507 g/mol. The number of amides is 2. The van der Waals surface area contributed by atoms with Gasteiger partial charge in [0.25, 0.3) is 0 Å². The van der Waals surface area contributed by atoms with E-state index in [0.29, 0.717) is 30.2 Å². The summed E-state index contributed by atoms with van der Waals surface area (Å²) in [6.45, 7) is 9.18. The molecule has 1 aliphatic heterocycles. The van der Waals surface area contributed by atoms with E-state index in [4.69, 9.17) is 17.3 Å². The van der Waals surface area contributed by atoms with Crippen LogP contribution < -0.4 is 16.0 Å². The van der Waals surface area contributed by atoms with Gasteiger partial charge in [-0.05, 0) is 51.2 Å². The Bertz CT molecular complexity index is 872. The zero-order valence-corrected chi connectivity index (χ0v) is 22.4. The van der Waals surface area contributed by atoms with Crippen LogP contribution in [0.2, 0.25) is 5.02 Å². The summed E-state index contributed by atoms with van der Waals surface area (Å²) in [6, 6.07) is 7.02. The lowest BCUT2D eigenvalue weighted by molar-refractivity contribution is -0.128. The number of anilines is 1. The van der Waals surface area contributed by atoms with Crippen molar-refractivity contribution >= 4 is 29.1 Å². The zero-order valence-electron chi connectivity index (χ0n) is 21.7. The van der Waals surface area contributed by atoms with Crippen molar-refractivity contribution in [1.29, 1.82) is 0 Å². The smallest absolute Gasteiger partial charge is 0.241 e. The number of hydrogen-bond donors (Lipinski definition) is 3. The molecule has 35 heavy (non-hydrogen) atoms. The van der Waals surface area contributed by atoms with Crippen LogP contribution in [0.5, 0.6) is 0 Å². The van der Waals surface area contributed by atoms with Crippen LogP contribution in [0.25, 0.3) is 0 Å². The van der Waals surface area contributed by atoms with E-state index in [0.717, 1.165) is 25.7 Å². The molecule has 3 atom stereocenters. The molecule has 4 N–H and O–H groups in total. The molecule has 0 bridgehead atoms. The van der Waals surface area contributed by atoms with E-state index in [2.05, 4.69) is 19.2 Å². The minimum absolute atomic E-state index is 0.0158. The van der Waals surface area contributed by atoms with Gasteiger partial charge in [-0.1, -0.05) is 56.8 Å². The molecule has 1 heterocycles. The van der Waals surface area contributed by atoms with E-state index in [9.17, 15) is 14.7 Å². The summed E-state index contributed by atoms with van der Waals surface area (Å²) in [6.07, 6.45) is 5.08. The predicted octanol–water partition coefficient (Wildman–Crippen LogP) is 3.57. The predicted molar refractivity (Wildman–Crippen MR) is 141 cm³/mol. The second-order valence-electron chi connectivity index (χ2n) is 11.3. The Morgan fingerprint density at radius 2 is 1.89 bits per heavy atom. The molecule has 7 nitrogen and oxygen atoms in total. The fourth-order valence-electron chi connectivity index (χ4n) is 5.29. The van der Waals surface area contributed by atoms with Gasteiger partial charge in [-0.25, -0.2) is 0 Å². The van der Waals surface area contributed by atoms with Crippen molar-refractivity contribution in [3.05, 3.63) is 29.3 Å². The SMILES string of the molecule is CC(C)[C@H](C[C@H](O)[C@@H](N)CN1CC(=O)N(c2ccccc2Cl)CC1(C)C)C(=O)NC1CCCCC1. The number of halogens is 1. The van der Waals surface area contributed by atoms with E-state index in [1.165, 1.54) is 6.42 Å². The molecule has 2 aliphatic rings. The number of aliphatic hydroxyl groups is 1. The highest BCUT2D eigenvalue weighted by Gasteiger charge is 2.40. The third-order valence-corrected chi connectivity index (χ3v) is 8.01. The number of para-hydroxylation sites is 1. The maximum atomic E-state index is 13.0. The number of nitrogens with one attached hydrogen (secondary N) is 1. The van der Waals surface area contributed by atoms with Crippen molar-refractivity contribution < 1.29 is 14.7 Å². The van der Waals surface area contributed by atoms with Crippen LogP contribution >= 0.6 is 11.6 Å². The minimum Gasteiger partial charge on any atom is -0.391 e. The van der Waals surface area contributed by atoms with Gasteiger partial charge in [0, 0.05) is 36.6 Å². The minimum atomic E-state index is -0.841. The van der Waals surface area contributed by atoms with Crippen LogP contribution in [0.3, 0.4) is 0 Å². The fraction of sp³-hybridized carbons (Fsp3) is 0.704. The van der Waals surface area contributed by atoms with Crippen LogP contribution in [-0.4, -0.2) is 65.2 Å². The van der Waals surface area contributed by atoms with E-state index in [-0.39, 0.29) is 41.8 Å². The molecule has 2 fully saturated rings. The van der Waals surface area contributed by atoms with Gasteiger partial charge in [0.1, 0.15) is 0 Å². The van der Waals surface area contributed by atoms with Crippen molar-refractivity contribution in [1.82, 2.24) is 10.2 Å². The van der Waals surface area contributed by atoms with E-state index in [1.54, 1.807) is 11.0 Å². The van der Waals surface area contributed by atoms with Crippen LogP contribution in [0.4, 0.5) is 5.69 Å². The van der Waals surface area contributed by atoms with Crippen LogP contribution in [0.1, 0.15) is 66.2 Å². The molecular weight excluding hydrogens is 464 g/mol. The summed E-state index contributed by atoms with van der Waals surface area (Å²) in [5, 5.41) is 14.7. The summed E-state index contributed by atoms with van der Waals surface area (Å²) in [5.41, 5.74) is 6.80. The summed E-state index contributed by atoms with van der Waals surface area (Å²) in [7, 11) is 0. The summed E-state index contributed by atoms with van der Waals surface area (Å²) < 4.78 is 0. The maximum Gasteiger partial charge on any atom is 0.241 e. The second kappa shape index (κ2) is 12.0. The maximum absolute atomic E-state index is 13.0. The summed E-state index contributed by atoms with van der Waals surface area (Å²) >= 11 is 6.35. The number of nitrogens with two attached hydrogens (primary N) is 1. The van der Waals surface area contributed by atoms with Crippen molar-refractivity contribution in [3.63, 3.8) is 0 Å². The lowest BCUT2D eigenvalue weighted by atomic mass is 9.86. The normalized spacial score (nSPS) is 22.2. The van der Waals surface area contributed by atoms with Crippen LogP contribution in [0, 0.1) is 11.8 Å². The monoisotopic (exact) mass is 506 g/mol. The first kappa shape index (κ1) is 27.9. The number of carbonyl (C=O) groups is 2. The van der Waals surface area contributed by atoms with Gasteiger partial charge in [-0.3, -0.25) is 14.5 Å². The molecule has 1 aromatic rings. The first-order valence-corrected chi connectivity index (χ1v) is 13.4. The average Bonchev–Trinajstić information content (AvgIpc) is 2.80. The van der Waals surface area contributed by atoms with Crippen molar-refractivity contribution in [3.8, 4) is 0 Å². The third-order valence-electron chi connectivity index (χ3n) is 7.69. The first-order chi connectivity index (χ1) is 16.5. The molecular formula is C27H43ClN4O3. The molecule has 8 heteroatoms. The Morgan fingerprint density at radius 1 is 1.23 bits per heavy atom. The Labute approximate surface area is 215 Å². The molecule has 0 radical (unpaired) electrons. The highest BCUT2D eigenvalue weighted by Crippen LogP contribution is 2.31. The van der Waals surface area contributed by atoms with Gasteiger partial charge in [0.2, 0.25) is 11.8 Å². The van der Waals surface area contributed by atoms with Gasteiger partial charge in [-0.2, -0.15) is 0 Å². The van der Waals surface area contributed by atoms with E-state index < -0.39 is 12.1 Å². The quantitative estimate of drug-likeness (QED) is 0.475. The van der Waals surface area contributed by atoms with E-state index in [1.807, 2.05) is 36.9 Å². The molecule has 0 aromatic heterocycles. The molecule has 2 amide bonds. The van der Waals surface area contributed by atoms with Crippen molar-refractivity contribution in [2.75, 3.05) is 24.5 Å². The first-order valence-electron chi connectivity index (χ1n) is 13.0. The lowest BCUT2D eigenvalue weighted by Gasteiger charge is -2.48. The zero-order chi connectivity index (χ0) is 25.8. The Balaban J connectivity index is 1.60. The Kier molecular flexibility index (Phi) is 9.60. The van der Waals surface area contributed by atoms with Gasteiger partial charge in [0.15, 0.2) is 0 Å². The van der Waals surface area contributed by atoms with Gasteiger partial charge < -0.3 is 21.1 Å². The molecule has 1 saturated carbocycles. The molecule has 0 spiro atoms. The number of carbonyl (C=O) groups excluding carboxylic acids is 2.